The molecule has 1 aliphatic heterocycles. The fourth-order valence-corrected chi connectivity index (χ4v) is 5.05. The molecule has 0 bridgehead atoms. The summed E-state index contributed by atoms with van der Waals surface area (Å²) in [5, 5.41) is 3.05. The Kier molecular flexibility index (Phi) is 6.72. The number of rotatable bonds is 6. The van der Waals surface area contributed by atoms with Gasteiger partial charge in [0.25, 0.3) is 5.91 Å². The Morgan fingerprint density at radius 2 is 1.86 bits per heavy atom. The minimum Gasteiger partial charge on any atom is -0.379 e. The summed E-state index contributed by atoms with van der Waals surface area (Å²) in [5.74, 6) is -0.282. The van der Waals surface area contributed by atoms with Crippen LogP contribution in [0.3, 0.4) is 0 Å². The highest BCUT2D eigenvalue weighted by Gasteiger charge is 2.27. The molecule has 1 N–H and O–H groups in total. The number of morpholine rings is 1. The summed E-state index contributed by atoms with van der Waals surface area (Å²) in [4.78, 5) is 13.0. The smallest absolute Gasteiger partial charge is 0.251 e. The van der Waals surface area contributed by atoms with Crippen LogP contribution in [0.2, 0.25) is 0 Å². The molecule has 2 aromatic rings. The molecule has 0 aliphatic carbocycles. The molecule has 7 heteroatoms. The van der Waals surface area contributed by atoms with Crippen LogP contribution < -0.4 is 5.32 Å². The van der Waals surface area contributed by atoms with Crippen molar-refractivity contribution >= 4 is 15.9 Å². The molecular formula is C22H28N2O4S. The molecule has 0 unspecified atom stereocenters. The Balaban J connectivity index is 1.81. The number of hydrogen-bond donors (Lipinski definition) is 1. The van der Waals surface area contributed by atoms with Crippen LogP contribution in [0.1, 0.15) is 46.4 Å². The number of nitrogens with zero attached hydrogens (tertiary/aromatic N) is 1. The fourth-order valence-electron chi connectivity index (χ4n) is 3.59. The molecule has 1 heterocycles. The third-order valence-corrected chi connectivity index (χ3v) is 7.11. The van der Waals surface area contributed by atoms with E-state index in [-0.39, 0.29) is 16.8 Å². The van der Waals surface area contributed by atoms with E-state index in [9.17, 15) is 13.2 Å². The first-order chi connectivity index (χ1) is 13.8. The van der Waals surface area contributed by atoms with E-state index in [0.29, 0.717) is 31.9 Å². The SMILES string of the molecule is CC[C@@H](NC(=O)c1cccc(S(=O)(=O)N2CCOCC2)c1)c1ccc(C)cc1C. The minimum absolute atomic E-state index is 0.131. The van der Waals surface area contributed by atoms with Crippen molar-refractivity contribution in [1.29, 1.82) is 0 Å². The van der Waals surface area contributed by atoms with Crippen molar-refractivity contribution in [2.24, 2.45) is 0 Å². The molecule has 6 nitrogen and oxygen atoms in total. The molecule has 1 atom stereocenters. The molecule has 2 aromatic carbocycles. The van der Waals surface area contributed by atoms with Gasteiger partial charge in [-0.3, -0.25) is 4.79 Å². The molecule has 156 valence electrons. The Hall–Kier alpha value is -2.22. The molecule has 0 spiro atoms. The van der Waals surface area contributed by atoms with Crippen molar-refractivity contribution in [1.82, 2.24) is 9.62 Å². The number of sulfonamides is 1. The minimum atomic E-state index is -3.64. The maximum absolute atomic E-state index is 12.9. The van der Waals surface area contributed by atoms with Crippen LogP contribution >= 0.6 is 0 Å². The summed E-state index contributed by atoms with van der Waals surface area (Å²) in [5.41, 5.74) is 3.71. The van der Waals surface area contributed by atoms with Gasteiger partial charge in [0.1, 0.15) is 0 Å². The monoisotopic (exact) mass is 416 g/mol. The number of nitrogens with one attached hydrogen (secondary N) is 1. The molecule has 1 amide bonds. The van der Waals surface area contributed by atoms with Crippen LogP contribution in [0, 0.1) is 13.8 Å². The van der Waals surface area contributed by atoms with E-state index in [4.69, 9.17) is 4.74 Å². The van der Waals surface area contributed by atoms with E-state index in [1.165, 1.54) is 22.0 Å². The van der Waals surface area contributed by atoms with Crippen molar-refractivity contribution in [3.8, 4) is 0 Å². The number of carbonyl (C=O) groups excluding carboxylic acids is 1. The van der Waals surface area contributed by atoms with Crippen molar-refractivity contribution in [2.45, 2.75) is 38.1 Å². The zero-order valence-electron chi connectivity index (χ0n) is 17.1. The van der Waals surface area contributed by atoms with Gasteiger partial charge in [-0.25, -0.2) is 8.42 Å². The van der Waals surface area contributed by atoms with E-state index in [0.717, 1.165) is 17.5 Å². The molecule has 0 aromatic heterocycles. The number of ether oxygens (including phenoxy) is 1. The van der Waals surface area contributed by atoms with E-state index < -0.39 is 10.0 Å². The summed E-state index contributed by atoms with van der Waals surface area (Å²) < 4.78 is 32.4. The summed E-state index contributed by atoms with van der Waals surface area (Å²) in [7, 11) is -3.64. The first kappa shape index (κ1) is 21.5. The van der Waals surface area contributed by atoms with Crippen LogP contribution in [0.4, 0.5) is 0 Å². The van der Waals surface area contributed by atoms with Crippen LogP contribution in [-0.4, -0.2) is 44.9 Å². The van der Waals surface area contributed by atoms with E-state index in [1.54, 1.807) is 12.1 Å². The third kappa shape index (κ3) is 4.86. The Morgan fingerprint density at radius 3 is 2.52 bits per heavy atom. The van der Waals surface area contributed by atoms with Crippen LogP contribution in [0.15, 0.2) is 47.4 Å². The largest absolute Gasteiger partial charge is 0.379 e. The van der Waals surface area contributed by atoms with E-state index in [2.05, 4.69) is 11.4 Å². The highest BCUT2D eigenvalue weighted by Crippen LogP contribution is 2.23. The quantitative estimate of drug-likeness (QED) is 0.785. The van der Waals surface area contributed by atoms with Gasteiger partial charge in [-0.2, -0.15) is 4.31 Å². The molecule has 0 radical (unpaired) electrons. The number of aryl methyl sites for hydroxylation is 2. The van der Waals surface area contributed by atoms with Gasteiger partial charge in [0.05, 0.1) is 24.2 Å². The van der Waals surface area contributed by atoms with E-state index >= 15 is 0 Å². The zero-order valence-corrected chi connectivity index (χ0v) is 18.0. The highest BCUT2D eigenvalue weighted by atomic mass is 32.2. The lowest BCUT2D eigenvalue weighted by atomic mass is 9.97. The topological polar surface area (TPSA) is 75.7 Å². The summed E-state index contributed by atoms with van der Waals surface area (Å²) in [6.45, 7) is 7.50. The number of benzene rings is 2. The molecular weight excluding hydrogens is 388 g/mol. The van der Waals surface area contributed by atoms with E-state index in [1.807, 2.05) is 32.9 Å². The van der Waals surface area contributed by atoms with Crippen LogP contribution in [0.5, 0.6) is 0 Å². The van der Waals surface area contributed by atoms with Gasteiger partial charge >= 0.3 is 0 Å². The maximum Gasteiger partial charge on any atom is 0.251 e. The average molecular weight is 417 g/mol. The van der Waals surface area contributed by atoms with Gasteiger partial charge < -0.3 is 10.1 Å². The lowest BCUT2D eigenvalue weighted by Gasteiger charge is -2.26. The van der Waals surface area contributed by atoms with Crippen molar-refractivity contribution < 1.29 is 17.9 Å². The lowest BCUT2D eigenvalue weighted by Crippen LogP contribution is -2.40. The predicted molar refractivity (Wildman–Crippen MR) is 112 cm³/mol. The second-order valence-electron chi connectivity index (χ2n) is 7.34. The Labute approximate surface area is 172 Å². The highest BCUT2D eigenvalue weighted by molar-refractivity contribution is 7.89. The standard InChI is InChI=1S/C22H28N2O4S/c1-4-21(20-9-8-16(2)14-17(20)3)23-22(25)18-6-5-7-19(15-18)29(26,27)24-10-12-28-13-11-24/h5-9,14-15,21H,4,10-13H2,1-3H3,(H,23,25)/t21-/m1/s1. The normalized spacial score (nSPS) is 16.4. The predicted octanol–water partition coefficient (Wildman–Crippen LogP) is 3.21. The molecule has 1 fully saturated rings. The van der Waals surface area contributed by atoms with Gasteiger partial charge in [0.2, 0.25) is 10.0 Å². The van der Waals surface area contributed by atoms with Crippen molar-refractivity contribution in [3.05, 3.63) is 64.7 Å². The second-order valence-corrected chi connectivity index (χ2v) is 9.28. The second kappa shape index (κ2) is 9.07. The fraction of sp³-hybridized carbons (Fsp3) is 0.409. The number of amides is 1. The maximum atomic E-state index is 12.9. The average Bonchev–Trinajstić information content (AvgIpc) is 2.73. The Bertz CT molecular complexity index is 982. The van der Waals surface area contributed by atoms with Gasteiger partial charge in [-0.1, -0.05) is 36.8 Å². The molecule has 0 saturated carbocycles. The zero-order chi connectivity index (χ0) is 21.0. The van der Waals surface area contributed by atoms with Crippen molar-refractivity contribution in [3.63, 3.8) is 0 Å². The van der Waals surface area contributed by atoms with Crippen LogP contribution in [-0.2, 0) is 14.8 Å². The number of hydrogen-bond acceptors (Lipinski definition) is 4. The summed E-state index contributed by atoms with van der Waals surface area (Å²) >= 11 is 0. The van der Waals surface area contributed by atoms with Gasteiger partial charge in [-0.05, 0) is 49.6 Å². The van der Waals surface area contributed by atoms with Gasteiger partial charge in [-0.15, -0.1) is 0 Å². The first-order valence-corrected chi connectivity index (χ1v) is 11.3. The summed E-state index contributed by atoms with van der Waals surface area (Å²) in [6.07, 6.45) is 0.738. The molecule has 29 heavy (non-hydrogen) atoms. The van der Waals surface area contributed by atoms with Crippen LogP contribution in [0.25, 0.3) is 0 Å². The van der Waals surface area contributed by atoms with Gasteiger partial charge in [0.15, 0.2) is 0 Å². The Morgan fingerprint density at radius 1 is 1.14 bits per heavy atom. The number of carbonyl (C=O) groups is 1. The molecule has 3 rings (SSSR count). The van der Waals surface area contributed by atoms with Crippen molar-refractivity contribution in [2.75, 3.05) is 26.3 Å². The van der Waals surface area contributed by atoms with Gasteiger partial charge in [0, 0.05) is 18.7 Å². The molecule has 1 saturated heterocycles. The third-order valence-electron chi connectivity index (χ3n) is 5.22. The summed E-state index contributed by atoms with van der Waals surface area (Å²) in [6, 6.07) is 12.3. The first-order valence-electron chi connectivity index (χ1n) is 9.89. The lowest BCUT2D eigenvalue weighted by molar-refractivity contribution is 0.0730. The molecule has 1 aliphatic rings.